The van der Waals surface area contributed by atoms with Crippen molar-refractivity contribution in [2.75, 3.05) is 6.61 Å². The van der Waals surface area contributed by atoms with E-state index in [4.69, 9.17) is 14.9 Å². The molecular weight excluding hydrogens is 230 g/mol. The molecule has 2 aromatic rings. The summed E-state index contributed by atoms with van der Waals surface area (Å²) in [7, 11) is 0. The van der Waals surface area contributed by atoms with Gasteiger partial charge in [0.1, 0.15) is 11.5 Å². The van der Waals surface area contributed by atoms with E-state index in [0.29, 0.717) is 29.4 Å². The van der Waals surface area contributed by atoms with Gasteiger partial charge in [-0.3, -0.25) is 4.79 Å². The van der Waals surface area contributed by atoms with Crippen LogP contribution in [0.2, 0.25) is 0 Å². The van der Waals surface area contributed by atoms with Crippen molar-refractivity contribution in [1.82, 2.24) is 0 Å². The van der Waals surface area contributed by atoms with Gasteiger partial charge in [0.2, 0.25) is 5.78 Å². The summed E-state index contributed by atoms with van der Waals surface area (Å²) in [6, 6.07) is 10.4. The molecular formula is C14H15NO3. The van der Waals surface area contributed by atoms with Gasteiger partial charge in [-0.15, -0.1) is 0 Å². The first kappa shape index (κ1) is 12.4. The number of hydrogen-bond donors (Lipinski definition) is 1. The highest BCUT2D eigenvalue weighted by Crippen LogP contribution is 2.18. The molecule has 0 bridgehead atoms. The molecule has 0 saturated heterocycles. The Morgan fingerprint density at radius 1 is 1.33 bits per heavy atom. The maximum absolute atomic E-state index is 12.1. The molecule has 18 heavy (non-hydrogen) atoms. The van der Waals surface area contributed by atoms with E-state index in [-0.39, 0.29) is 12.3 Å². The molecule has 1 heterocycles. The lowest BCUT2D eigenvalue weighted by Gasteiger charge is -2.04. The first-order valence-electron chi connectivity index (χ1n) is 5.81. The third kappa shape index (κ3) is 2.60. The number of ether oxygens (including phenoxy) is 1. The summed E-state index contributed by atoms with van der Waals surface area (Å²) in [6.45, 7) is 2.75. The summed E-state index contributed by atoms with van der Waals surface area (Å²) in [6.07, 6.45) is 0. The number of rotatable bonds is 5. The van der Waals surface area contributed by atoms with Crippen LogP contribution in [-0.4, -0.2) is 12.4 Å². The molecule has 4 heteroatoms. The Morgan fingerprint density at radius 3 is 2.83 bits per heavy atom. The Bertz CT molecular complexity index is 545. The van der Waals surface area contributed by atoms with Gasteiger partial charge in [0, 0.05) is 5.56 Å². The van der Waals surface area contributed by atoms with Crippen molar-refractivity contribution in [3.8, 4) is 5.75 Å². The lowest BCUT2D eigenvalue weighted by Crippen LogP contribution is -2.01. The molecule has 0 saturated carbocycles. The minimum absolute atomic E-state index is 0.170. The second kappa shape index (κ2) is 5.51. The third-order valence-corrected chi connectivity index (χ3v) is 2.49. The van der Waals surface area contributed by atoms with Gasteiger partial charge in [0.25, 0.3) is 0 Å². The molecule has 2 rings (SSSR count). The van der Waals surface area contributed by atoms with Gasteiger partial charge in [0.05, 0.1) is 13.2 Å². The summed E-state index contributed by atoms with van der Waals surface area (Å²) >= 11 is 0. The van der Waals surface area contributed by atoms with E-state index in [2.05, 4.69) is 0 Å². The van der Waals surface area contributed by atoms with Crippen molar-refractivity contribution in [1.29, 1.82) is 0 Å². The van der Waals surface area contributed by atoms with Gasteiger partial charge in [0.15, 0.2) is 5.76 Å². The fourth-order valence-electron chi connectivity index (χ4n) is 1.65. The molecule has 94 valence electrons. The highest BCUT2D eigenvalue weighted by atomic mass is 16.5. The molecule has 0 spiro atoms. The molecule has 4 nitrogen and oxygen atoms in total. The summed E-state index contributed by atoms with van der Waals surface area (Å²) in [5, 5.41) is 0. The maximum atomic E-state index is 12.1. The predicted octanol–water partition coefficient (Wildman–Crippen LogP) is 2.37. The number of carbonyl (C=O) groups is 1. The minimum atomic E-state index is -0.170. The van der Waals surface area contributed by atoms with Crippen molar-refractivity contribution in [2.45, 2.75) is 13.5 Å². The Hall–Kier alpha value is -2.07. The van der Waals surface area contributed by atoms with Crippen LogP contribution in [0.5, 0.6) is 5.75 Å². The van der Waals surface area contributed by atoms with Gasteiger partial charge >= 0.3 is 0 Å². The fourth-order valence-corrected chi connectivity index (χ4v) is 1.65. The molecule has 1 aromatic heterocycles. The van der Waals surface area contributed by atoms with Crippen LogP contribution >= 0.6 is 0 Å². The van der Waals surface area contributed by atoms with Crippen molar-refractivity contribution in [2.24, 2.45) is 5.73 Å². The Labute approximate surface area is 105 Å². The van der Waals surface area contributed by atoms with Gasteiger partial charge < -0.3 is 14.9 Å². The number of carbonyl (C=O) groups excluding carboxylic acids is 1. The average molecular weight is 245 g/mol. The number of nitrogens with two attached hydrogens (primary N) is 1. The summed E-state index contributed by atoms with van der Waals surface area (Å²) in [4.78, 5) is 12.1. The van der Waals surface area contributed by atoms with Gasteiger partial charge in [-0.05, 0) is 31.2 Å². The fraction of sp³-hybridized carbons (Fsp3) is 0.214. The van der Waals surface area contributed by atoms with E-state index in [0.717, 1.165) is 0 Å². The third-order valence-electron chi connectivity index (χ3n) is 2.49. The lowest BCUT2D eigenvalue weighted by molar-refractivity contribution is 0.101. The topological polar surface area (TPSA) is 65.5 Å². The number of furan rings is 1. The standard InChI is InChI=1S/C14H15NO3/c1-2-17-11-5-3-4-10(8-11)14(16)13-7-6-12(9-15)18-13/h3-8H,2,9,15H2,1H3. The smallest absolute Gasteiger partial charge is 0.228 e. The van der Waals surface area contributed by atoms with Crippen LogP contribution in [0.4, 0.5) is 0 Å². The largest absolute Gasteiger partial charge is 0.494 e. The molecule has 0 aliphatic rings. The number of benzene rings is 1. The maximum Gasteiger partial charge on any atom is 0.228 e. The van der Waals surface area contributed by atoms with E-state index in [1.165, 1.54) is 0 Å². The summed E-state index contributed by atoms with van der Waals surface area (Å²) in [5.74, 6) is 1.40. The number of hydrogen-bond acceptors (Lipinski definition) is 4. The Balaban J connectivity index is 2.25. The van der Waals surface area contributed by atoms with Crippen molar-refractivity contribution < 1.29 is 13.9 Å². The quantitative estimate of drug-likeness (QED) is 0.821. The molecule has 0 unspecified atom stereocenters. The molecule has 0 amide bonds. The molecule has 0 aliphatic carbocycles. The predicted molar refractivity (Wildman–Crippen MR) is 67.6 cm³/mol. The van der Waals surface area contributed by atoms with Crippen LogP contribution < -0.4 is 10.5 Å². The Morgan fingerprint density at radius 2 is 2.17 bits per heavy atom. The van der Waals surface area contributed by atoms with E-state index in [1.807, 2.05) is 13.0 Å². The first-order chi connectivity index (χ1) is 8.74. The SMILES string of the molecule is CCOc1cccc(C(=O)c2ccc(CN)o2)c1. The van der Waals surface area contributed by atoms with E-state index in [1.54, 1.807) is 30.3 Å². The van der Waals surface area contributed by atoms with Crippen LogP contribution in [0.15, 0.2) is 40.8 Å². The molecule has 0 aliphatic heterocycles. The molecule has 1 aromatic carbocycles. The molecule has 0 atom stereocenters. The van der Waals surface area contributed by atoms with Crippen molar-refractivity contribution in [3.63, 3.8) is 0 Å². The zero-order valence-corrected chi connectivity index (χ0v) is 10.2. The minimum Gasteiger partial charge on any atom is -0.494 e. The summed E-state index contributed by atoms with van der Waals surface area (Å²) in [5.41, 5.74) is 5.98. The van der Waals surface area contributed by atoms with E-state index >= 15 is 0 Å². The zero-order valence-electron chi connectivity index (χ0n) is 10.2. The monoisotopic (exact) mass is 245 g/mol. The molecule has 0 radical (unpaired) electrons. The lowest BCUT2D eigenvalue weighted by atomic mass is 10.1. The Kier molecular flexibility index (Phi) is 3.79. The first-order valence-corrected chi connectivity index (χ1v) is 5.81. The molecule has 2 N–H and O–H groups in total. The zero-order chi connectivity index (χ0) is 13.0. The van der Waals surface area contributed by atoms with Crippen molar-refractivity contribution >= 4 is 5.78 Å². The van der Waals surface area contributed by atoms with Crippen LogP contribution in [0.3, 0.4) is 0 Å². The highest BCUT2D eigenvalue weighted by Gasteiger charge is 2.13. The van der Waals surface area contributed by atoms with Crippen LogP contribution in [0.1, 0.15) is 28.8 Å². The second-order valence-electron chi connectivity index (χ2n) is 3.76. The normalized spacial score (nSPS) is 10.3. The second-order valence-corrected chi connectivity index (χ2v) is 3.76. The van der Waals surface area contributed by atoms with Crippen LogP contribution in [0.25, 0.3) is 0 Å². The van der Waals surface area contributed by atoms with E-state index < -0.39 is 0 Å². The summed E-state index contributed by atoms with van der Waals surface area (Å²) < 4.78 is 10.7. The van der Waals surface area contributed by atoms with E-state index in [9.17, 15) is 4.79 Å². The van der Waals surface area contributed by atoms with Crippen LogP contribution in [-0.2, 0) is 6.54 Å². The van der Waals surface area contributed by atoms with Crippen molar-refractivity contribution in [3.05, 3.63) is 53.5 Å². The number of ketones is 1. The highest BCUT2D eigenvalue weighted by molar-refractivity contribution is 6.07. The van der Waals surface area contributed by atoms with Gasteiger partial charge in [-0.25, -0.2) is 0 Å². The van der Waals surface area contributed by atoms with Gasteiger partial charge in [-0.2, -0.15) is 0 Å². The van der Waals surface area contributed by atoms with Crippen LogP contribution in [0, 0.1) is 0 Å². The average Bonchev–Trinajstić information content (AvgIpc) is 2.87. The molecule has 0 fully saturated rings. The van der Waals surface area contributed by atoms with Gasteiger partial charge in [-0.1, -0.05) is 12.1 Å².